The molecule has 2 aromatic heterocycles. The van der Waals surface area contributed by atoms with Gasteiger partial charge in [-0.15, -0.1) is 11.3 Å². The first-order valence-electron chi connectivity index (χ1n) is 5.77. The molecule has 3 aromatic rings. The summed E-state index contributed by atoms with van der Waals surface area (Å²) in [5, 5.41) is 6.52. The van der Waals surface area contributed by atoms with Crippen LogP contribution in [-0.4, -0.2) is 14.8 Å². The maximum Gasteiger partial charge on any atom is 0.186 e. The lowest BCUT2D eigenvalue weighted by Gasteiger charge is -2.00. The lowest BCUT2D eigenvalue weighted by Crippen LogP contribution is -1.93. The van der Waals surface area contributed by atoms with Crippen molar-refractivity contribution in [3.8, 4) is 22.1 Å². The molecule has 0 amide bonds. The van der Waals surface area contributed by atoms with Gasteiger partial charge in [0.05, 0.1) is 19.9 Å². The predicted molar refractivity (Wildman–Crippen MR) is 90.1 cm³/mol. The zero-order valence-corrected chi connectivity index (χ0v) is 15.3. The van der Waals surface area contributed by atoms with Crippen molar-refractivity contribution >= 4 is 54.8 Å². The highest BCUT2D eigenvalue weighted by Crippen LogP contribution is 2.39. The summed E-state index contributed by atoms with van der Waals surface area (Å²) in [6, 6.07) is 4.51. The van der Waals surface area contributed by atoms with Crippen LogP contribution in [0.1, 0.15) is 0 Å². The summed E-state index contributed by atoms with van der Waals surface area (Å²) in [5.41, 5.74) is 0.216. The molecule has 108 valence electrons. The second kappa shape index (κ2) is 5.79. The fraction of sp³-hybridized carbons (Fsp3) is 0.0769. The van der Waals surface area contributed by atoms with E-state index in [1.54, 1.807) is 23.9 Å². The molecule has 0 radical (unpaired) electrons. The Morgan fingerprint density at radius 1 is 1.33 bits per heavy atom. The standard InChI is InChI=1S/C13H7Br2ClFN3S/c1-20-13(11-10(15)6(14)5-21-11)18-12(19-20)9-7(16)3-2-4-8(9)17/h2-5H,1H3. The molecule has 3 nitrogen and oxygen atoms in total. The first-order valence-corrected chi connectivity index (χ1v) is 8.61. The fourth-order valence-electron chi connectivity index (χ4n) is 1.87. The molecule has 0 aliphatic heterocycles. The fourth-order valence-corrected chi connectivity index (χ4v) is 4.29. The Labute approximate surface area is 146 Å². The third kappa shape index (κ3) is 2.67. The number of halogens is 4. The van der Waals surface area contributed by atoms with Gasteiger partial charge < -0.3 is 0 Å². The number of nitrogens with zero attached hydrogens (tertiary/aromatic N) is 3. The Balaban J connectivity index is 2.17. The van der Waals surface area contributed by atoms with Crippen molar-refractivity contribution in [2.45, 2.75) is 0 Å². The molecule has 0 saturated carbocycles. The lowest BCUT2D eigenvalue weighted by molar-refractivity contribution is 0.629. The Hall–Kier alpha value is -0.760. The summed E-state index contributed by atoms with van der Waals surface area (Å²) < 4.78 is 17.4. The third-order valence-corrected chi connectivity index (χ3v) is 6.68. The minimum Gasteiger partial charge on any atom is -0.248 e. The van der Waals surface area contributed by atoms with Crippen molar-refractivity contribution in [2.24, 2.45) is 7.05 Å². The normalized spacial score (nSPS) is 11.1. The van der Waals surface area contributed by atoms with Gasteiger partial charge in [-0.25, -0.2) is 14.1 Å². The van der Waals surface area contributed by atoms with E-state index in [1.807, 2.05) is 5.38 Å². The molecule has 1 aromatic carbocycles. The van der Waals surface area contributed by atoms with Crippen LogP contribution in [-0.2, 0) is 7.05 Å². The SMILES string of the molecule is Cn1nc(-c2c(F)cccc2Cl)nc1-c1scc(Br)c1Br. The largest absolute Gasteiger partial charge is 0.248 e. The quantitative estimate of drug-likeness (QED) is 0.513. The molecule has 0 saturated heterocycles. The van der Waals surface area contributed by atoms with Crippen molar-refractivity contribution in [2.75, 3.05) is 0 Å². The van der Waals surface area contributed by atoms with Crippen LogP contribution in [0.3, 0.4) is 0 Å². The number of rotatable bonds is 2. The van der Waals surface area contributed by atoms with Crippen LogP contribution in [0.25, 0.3) is 22.1 Å². The average Bonchev–Trinajstić information content (AvgIpc) is 2.94. The van der Waals surface area contributed by atoms with Crippen molar-refractivity contribution in [3.05, 3.63) is 43.4 Å². The molecule has 2 heterocycles. The van der Waals surface area contributed by atoms with E-state index in [4.69, 9.17) is 11.6 Å². The first-order chi connectivity index (χ1) is 9.99. The van der Waals surface area contributed by atoms with E-state index < -0.39 is 5.82 Å². The number of hydrogen-bond acceptors (Lipinski definition) is 3. The number of benzene rings is 1. The Kier molecular flexibility index (Phi) is 4.18. The molecular weight excluding hydrogens is 444 g/mol. The predicted octanol–water partition coefficient (Wildman–Crippen LogP) is 5.53. The average molecular weight is 452 g/mol. The van der Waals surface area contributed by atoms with Gasteiger partial charge in [0, 0.05) is 16.9 Å². The molecule has 0 aliphatic carbocycles. The minimum absolute atomic E-state index is 0.216. The lowest BCUT2D eigenvalue weighted by atomic mass is 10.2. The van der Waals surface area contributed by atoms with Gasteiger partial charge in [-0.1, -0.05) is 17.7 Å². The molecule has 0 N–H and O–H groups in total. The van der Waals surface area contributed by atoms with E-state index in [0.717, 1.165) is 13.8 Å². The second-order valence-electron chi connectivity index (χ2n) is 4.21. The molecule has 8 heteroatoms. The Morgan fingerprint density at radius 3 is 2.71 bits per heavy atom. The van der Waals surface area contributed by atoms with Gasteiger partial charge in [-0.3, -0.25) is 0 Å². The number of thiophene rings is 1. The van der Waals surface area contributed by atoms with Crippen LogP contribution < -0.4 is 0 Å². The van der Waals surface area contributed by atoms with Gasteiger partial charge in [0.15, 0.2) is 11.6 Å². The highest BCUT2D eigenvalue weighted by Gasteiger charge is 2.20. The van der Waals surface area contributed by atoms with Gasteiger partial charge in [0.25, 0.3) is 0 Å². The number of hydrogen-bond donors (Lipinski definition) is 0. The van der Waals surface area contributed by atoms with E-state index >= 15 is 0 Å². The van der Waals surface area contributed by atoms with Crippen LogP contribution in [0.2, 0.25) is 5.02 Å². The van der Waals surface area contributed by atoms with Crippen molar-refractivity contribution in [1.82, 2.24) is 14.8 Å². The Bertz CT molecular complexity index is 811. The zero-order chi connectivity index (χ0) is 15.1. The molecule has 0 unspecified atom stereocenters. The molecule has 0 aliphatic rings. The minimum atomic E-state index is -0.439. The van der Waals surface area contributed by atoms with Crippen LogP contribution >= 0.6 is 54.8 Å². The molecule has 0 atom stereocenters. The highest BCUT2D eigenvalue weighted by atomic mass is 79.9. The van der Waals surface area contributed by atoms with E-state index in [0.29, 0.717) is 10.8 Å². The summed E-state index contributed by atoms with van der Waals surface area (Å²) in [7, 11) is 1.76. The van der Waals surface area contributed by atoms with Gasteiger partial charge in [0.2, 0.25) is 0 Å². The summed E-state index contributed by atoms with van der Waals surface area (Å²) in [4.78, 5) is 5.35. The highest BCUT2D eigenvalue weighted by molar-refractivity contribution is 9.13. The van der Waals surface area contributed by atoms with Gasteiger partial charge in [0.1, 0.15) is 5.82 Å². The topological polar surface area (TPSA) is 30.7 Å². The first kappa shape index (κ1) is 15.1. The van der Waals surface area contributed by atoms with Crippen LogP contribution in [0.15, 0.2) is 32.5 Å². The molecule has 0 bridgehead atoms. The van der Waals surface area contributed by atoms with Gasteiger partial charge >= 0.3 is 0 Å². The van der Waals surface area contributed by atoms with Crippen LogP contribution in [0, 0.1) is 5.82 Å². The third-order valence-electron chi connectivity index (χ3n) is 2.84. The molecule has 0 fully saturated rings. The van der Waals surface area contributed by atoms with E-state index in [2.05, 4.69) is 41.9 Å². The second-order valence-corrected chi connectivity index (χ2v) is 7.14. The molecular formula is C13H7Br2ClFN3S. The summed E-state index contributed by atoms with van der Waals surface area (Å²) in [5.74, 6) is 0.477. The van der Waals surface area contributed by atoms with Crippen molar-refractivity contribution < 1.29 is 4.39 Å². The molecule has 3 rings (SSSR count). The molecule has 0 spiro atoms. The van der Waals surface area contributed by atoms with E-state index in [-0.39, 0.29) is 11.4 Å². The monoisotopic (exact) mass is 449 g/mol. The van der Waals surface area contributed by atoms with Crippen molar-refractivity contribution in [3.63, 3.8) is 0 Å². The summed E-state index contributed by atoms with van der Waals surface area (Å²) in [6.07, 6.45) is 0. The maximum absolute atomic E-state index is 14.0. The van der Waals surface area contributed by atoms with E-state index in [1.165, 1.54) is 17.4 Å². The van der Waals surface area contributed by atoms with Gasteiger partial charge in [-0.05, 0) is 44.0 Å². The smallest absolute Gasteiger partial charge is 0.186 e. The molecule has 21 heavy (non-hydrogen) atoms. The number of aromatic nitrogens is 3. The Morgan fingerprint density at radius 2 is 2.10 bits per heavy atom. The zero-order valence-electron chi connectivity index (χ0n) is 10.6. The summed E-state index contributed by atoms with van der Waals surface area (Å²) in [6.45, 7) is 0. The van der Waals surface area contributed by atoms with E-state index in [9.17, 15) is 4.39 Å². The van der Waals surface area contributed by atoms with Gasteiger partial charge in [-0.2, -0.15) is 5.10 Å². The number of aryl methyl sites for hydroxylation is 1. The van der Waals surface area contributed by atoms with Crippen LogP contribution in [0.4, 0.5) is 4.39 Å². The van der Waals surface area contributed by atoms with Crippen LogP contribution in [0.5, 0.6) is 0 Å². The maximum atomic E-state index is 14.0. The van der Waals surface area contributed by atoms with Crippen molar-refractivity contribution in [1.29, 1.82) is 0 Å². The summed E-state index contributed by atoms with van der Waals surface area (Å²) >= 11 is 14.5.